The Kier molecular flexibility index (Phi) is 5.00. The van der Waals surface area contributed by atoms with Gasteiger partial charge in [0.25, 0.3) is 0 Å². The normalized spacial score (nSPS) is 13.3. The van der Waals surface area contributed by atoms with Gasteiger partial charge in [-0.2, -0.15) is 0 Å². The molecule has 2 aromatic rings. The van der Waals surface area contributed by atoms with Crippen molar-refractivity contribution < 1.29 is 19.1 Å². The smallest absolute Gasteiger partial charge is 0.336 e. The summed E-state index contributed by atoms with van der Waals surface area (Å²) >= 11 is 0. The van der Waals surface area contributed by atoms with Gasteiger partial charge in [-0.05, 0) is 30.2 Å². The fourth-order valence-electron chi connectivity index (χ4n) is 2.14. The van der Waals surface area contributed by atoms with E-state index in [-0.39, 0.29) is 5.92 Å². The van der Waals surface area contributed by atoms with Gasteiger partial charge in [0.05, 0.1) is 0 Å². The minimum Gasteiger partial charge on any atom is -0.480 e. The van der Waals surface area contributed by atoms with Gasteiger partial charge < -0.3 is 20.2 Å². The van der Waals surface area contributed by atoms with Gasteiger partial charge in [-0.3, -0.25) is 0 Å². The zero-order valence-corrected chi connectivity index (χ0v) is 12.8. The number of benzene rings is 1. The van der Waals surface area contributed by atoms with E-state index in [9.17, 15) is 19.5 Å². The first-order valence-electron chi connectivity index (χ1n) is 7.25. The molecule has 0 saturated carbocycles. The first-order valence-corrected chi connectivity index (χ1v) is 7.25. The SMILES string of the molecule is CCC(C)C(NC(=O)Nc1ccc2oc(=O)ccc2c1)C(=O)O. The van der Waals surface area contributed by atoms with Crippen molar-refractivity contribution in [2.45, 2.75) is 26.3 Å². The Morgan fingerprint density at radius 3 is 2.65 bits per heavy atom. The van der Waals surface area contributed by atoms with E-state index in [2.05, 4.69) is 10.6 Å². The molecule has 0 fully saturated rings. The number of aliphatic carboxylic acids is 1. The van der Waals surface area contributed by atoms with Gasteiger partial charge in [-0.1, -0.05) is 20.3 Å². The van der Waals surface area contributed by atoms with Crippen LogP contribution in [0.15, 0.2) is 39.5 Å². The van der Waals surface area contributed by atoms with E-state index in [1.807, 2.05) is 6.92 Å². The quantitative estimate of drug-likeness (QED) is 0.734. The van der Waals surface area contributed by atoms with E-state index in [1.54, 1.807) is 31.2 Å². The summed E-state index contributed by atoms with van der Waals surface area (Å²) in [5.41, 5.74) is 0.428. The van der Waals surface area contributed by atoms with Gasteiger partial charge in [-0.25, -0.2) is 14.4 Å². The summed E-state index contributed by atoms with van der Waals surface area (Å²) in [4.78, 5) is 34.3. The molecule has 2 rings (SSSR count). The number of carbonyl (C=O) groups is 2. The predicted octanol–water partition coefficient (Wildman–Crippen LogP) is 2.41. The number of rotatable bonds is 5. The molecule has 7 heteroatoms. The third-order valence-corrected chi connectivity index (χ3v) is 3.64. The molecule has 2 atom stereocenters. The average molecular weight is 318 g/mol. The molecule has 0 radical (unpaired) electrons. The van der Waals surface area contributed by atoms with Crippen molar-refractivity contribution in [1.29, 1.82) is 0 Å². The molecule has 0 saturated heterocycles. The number of carbonyl (C=O) groups excluding carboxylic acids is 1. The molecule has 23 heavy (non-hydrogen) atoms. The Bertz CT molecular complexity index is 783. The Morgan fingerprint density at radius 2 is 2.00 bits per heavy atom. The minimum atomic E-state index is -1.07. The lowest BCUT2D eigenvalue weighted by Crippen LogP contribution is -2.46. The summed E-state index contributed by atoms with van der Waals surface area (Å²) in [6.07, 6.45) is 0.631. The zero-order chi connectivity index (χ0) is 17.0. The van der Waals surface area contributed by atoms with Crippen molar-refractivity contribution in [1.82, 2.24) is 5.32 Å². The summed E-state index contributed by atoms with van der Waals surface area (Å²) in [5, 5.41) is 14.9. The zero-order valence-electron chi connectivity index (χ0n) is 12.8. The Morgan fingerprint density at radius 1 is 1.26 bits per heavy atom. The first kappa shape index (κ1) is 16.5. The van der Waals surface area contributed by atoms with E-state index >= 15 is 0 Å². The molecule has 0 aliphatic heterocycles. The fraction of sp³-hybridized carbons (Fsp3) is 0.312. The number of carboxylic acid groups (broad SMARTS) is 1. The van der Waals surface area contributed by atoms with Crippen LogP contribution >= 0.6 is 0 Å². The molecular formula is C16H18N2O5. The van der Waals surface area contributed by atoms with Crippen LogP contribution in [-0.4, -0.2) is 23.1 Å². The topological polar surface area (TPSA) is 109 Å². The Labute approximate surface area is 132 Å². The lowest BCUT2D eigenvalue weighted by Gasteiger charge is -2.20. The minimum absolute atomic E-state index is 0.191. The Balaban J connectivity index is 2.11. The maximum Gasteiger partial charge on any atom is 0.336 e. The molecule has 1 heterocycles. The largest absolute Gasteiger partial charge is 0.480 e. The van der Waals surface area contributed by atoms with Crippen LogP contribution in [0.2, 0.25) is 0 Å². The number of anilines is 1. The number of amides is 2. The van der Waals surface area contributed by atoms with Gasteiger partial charge in [0.15, 0.2) is 0 Å². The molecule has 122 valence electrons. The standard InChI is InChI=1S/C16H18N2O5/c1-3-9(2)14(15(20)21)18-16(22)17-11-5-6-12-10(8-11)4-7-13(19)23-12/h4-9,14H,3H2,1-2H3,(H,20,21)(H2,17,18,22). The molecule has 0 aliphatic carbocycles. The van der Waals surface area contributed by atoms with Gasteiger partial charge in [0.1, 0.15) is 11.6 Å². The van der Waals surface area contributed by atoms with Crippen LogP contribution in [0.25, 0.3) is 11.0 Å². The van der Waals surface area contributed by atoms with Crippen molar-refractivity contribution in [2.24, 2.45) is 5.92 Å². The van der Waals surface area contributed by atoms with E-state index in [1.165, 1.54) is 6.07 Å². The van der Waals surface area contributed by atoms with Crippen molar-refractivity contribution >= 4 is 28.7 Å². The van der Waals surface area contributed by atoms with Gasteiger partial charge in [0, 0.05) is 17.1 Å². The number of urea groups is 1. The summed E-state index contributed by atoms with van der Waals surface area (Å²) in [5.74, 6) is -1.26. The third-order valence-electron chi connectivity index (χ3n) is 3.64. The monoisotopic (exact) mass is 318 g/mol. The van der Waals surface area contributed by atoms with Crippen LogP contribution in [-0.2, 0) is 4.79 Å². The molecule has 0 bridgehead atoms. The van der Waals surface area contributed by atoms with Crippen molar-refractivity contribution in [3.8, 4) is 0 Å². The van der Waals surface area contributed by atoms with Crippen LogP contribution in [0.4, 0.5) is 10.5 Å². The molecular weight excluding hydrogens is 300 g/mol. The molecule has 2 amide bonds. The van der Waals surface area contributed by atoms with Crippen LogP contribution in [0.1, 0.15) is 20.3 Å². The van der Waals surface area contributed by atoms with Crippen molar-refractivity contribution in [3.63, 3.8) is 0 Å². The van der Waals surface area contributed by atoms with Crippen molar-refractivity contribution in [3.05, 3.63) is 40.8 Å². The highest BCUT2D eigenvalue weighted by Gasteiger charge is 2.25. The summed E-state index contributed by atoms with van der Waals surface area (Å²) < 4.78 is 5.00. The van der Waals surface area contributed by atoms with E-state index in [0.717, 1.165) is 0 Å². The molecule has 1 aromatic heterocycles. The second-order valence-electron chi connectivity index (χ2n) is 5.31. The Hall–Kier alpha value is -2.83. The molecule has 0 spiro atoms. The molecule has 7 nitrogen and oxygen atoms in total. The van der Waals surface area contributed by atoms with Crippen LogP contribution in [0.5, 0.6) is 0 Å². The fourth-order valence-corrected chi connectivity index (χ4v) is 2.14. The van der Waals surface area contributed by atoms with Gasteiger partial charge in [-0.15, -0.1) is 0 Å². The maximum absolute atomic E-state index is 12.0. The molecule has 3 N–H and O–H groups in total. The first-order chi connectivity index (χ1) is 10.9. The van der Waals surface area contributed by atoms with Crippen LogP contribution < -0.4 is 16.3 Å². The number of hydrogen-bond donors (Lipinski definition) is 3. The molecule has 2 unspecified atom stereocenters. The van der Waals surface area contributed by atoms with E-state index in [0.29, 0.717) is 23.1 Å². The second-order valence-corrected chi connectivity index (χ2v) is 5.31. The maximum atomic E-state index is 12.0. The summed E-state index contributed by atoms with van der Waals surface area (Å²) in [6.45, 7) is 3.62. The summed E-state index contributed by atoms with van der Waals surface area (Å²) in [6, 6.07) is 6.09. The van der Waals surface area contributed by atoms with Crippen LogP contribution in [0.3, 0.4) is 0 Å². The van der Waals surface area contributed by atoms with Crippen molar-refractivity contribution in [2.75, 3.05) is 5.32 Å². The third kappa shape index (κ3) is 4.09. The number of fused-ring (bicyclic) bond motifs is 1. The predicted molar refractivity (Wildman–Crippen MR) is 85.5 cm³/mol. The average Bonchev–Trinajstić information content (AvgIpc) is 2.51. The lowest BCUT2D eigenvalue weighted by atomic mass is 9.99. The number of hydrogen-bond acceptors (Lipinski definition) is 4. The molecule has 1 aromatic carbocycles. The van der Waals surface area contributed by atoms with E-state index < -0.39 is 23.7 Å². The molecule has 0 aliphatic rings. The van der Waals surface area contributed by atoms with Gasteiger partial charge >= 0.3 is 17.6 Å². The number of carboxylic acids is 1. The second kappa shape index (κ2) is 6.95. The van der Waals surface area contributed by atoms with Gasteiger partial charge in [0.2, 0.25) is 0 Å². The number of nitrogens with one attached hydrogen (secondary N) is 2. The lowest BCUT2D eigenvalue weighted by molar-refractivity contribution is -0.140. The highest BCUT2D eigenvalue weighted by molar-refractivity contribution is 5.94. The highest BCUT2D eigenvalue weighted by atomic mass is 16.4. The van der Waals surface area contributed by atoms with E-state index in [4.69, 9.17) is 4.42 Å². The van der Waals surface area contributed by atoms with Crippen LogP contribution in [0, 0.1) is 5.92 Å². The summed E-state index contributed by atoms with van der Waals surface area (Å²) in [7, 11) is 0. The highest BCUT2D eigenvalue weighted by Crippen LogP contribution is 2.17.